The molecule has 0 radical (unpaired) electrons. The molecule has 1 aromatic rings. The van der Waals surface area contributed by atoms with Crippen molar-refractivity contribution in [2.45, 2.75) is 39.0 Å². The van der Waals surface area contributed by atoms with Gasteiger partial charge >= 0.3 is 0 Å². The summed E-state index contributed by atoms with van der Waals surface area (Å²) in [7, 11) is 1.72. The largest absolute Gasteiger partial charge is 0.379 e. The molecule has 7 heteroatoms. The van der Waals surface area contributed by atoms with Crippen LogP contribution in [0.1, 0.15) is 39.2 Å². The fourth-order valence-corrected chi connectivity index (χ4v) is 2.44. The average Bonchev–Trinajstić information content (AvgIpc) is 2.63. The van der Waals surface area contributed by atoms with E-state index in [1.807, 2.05) is 26.0 Å². The summed E-state index contributed by atoms with van der Waals surface area (Å²) < 4.78 is 25.0. The van der Waals surface area contributed by atoms with Crippen LogP contribution in [0.15, 0.2) is 29.3 Å². The fourth-order valence-electron chi connectivity index (χ4n) is 2.44. The van der Waals surface area contributed by atoms with Crippen LogP contribution in [0.3, 0.4) is 0 Å². The Balaban J connectivity index is 0.00000676. The van der Waals surface area contributed by atoms with E-state index in [0.717, 1.165) is 19.4 Å². The predicted molar refractivity (Wildman–Crippen MR) is 121 cm³/mol. The molecule has 0 amide bonds. The highest BCUT2D eigenvalue weighted by Crippen LogP contribution is 2.24. The molecule has 0 heterocycles. The predicted octanol–water partition coefficient (Wildman–Crippen LogP) is 3.72. The number of nitrogens with zero attached hydrogens (tertiary/aromatic N) is 1. The summed E-state index contributed by atoms with van der Waals surface area (Å²) >= 11 is 0. The summed E-state index contributed by atoms with van der Waals surface area (Å²) in [6, 6.07) is 6.88. The molecule has 5 nitrogen and oxygen atoms in total. The lowest BCUT2D eigenvalue weighted by atomic mass is 9.84. The quantitative estimate of drug-likeness (QED) is 0.201. The van der Waals surface area contributed by atoms with Crippen molar-refractivity contribution in [3.8, 4) is 0 Å². The first-order valence-corrected chi connectivity index (χ1v) is 9.36. The van der Waals surface area contributed by atoms with Crippen LogP contribution in [-0.4, -0.2) is 52.5 Å². The normalized spacial score (nSPS) is 11.8. The second kappa shape index (κ2) is 15.0. The standard InChI is InChI=1S/C20H34FN3O2.HI/c1-5-6-12-25-14-15-26-13-11-23-19(22-4)24-16-20(2,3)17-9-7-8-10-18(17)21;/h7-10H,5-6,11-16H2,1-4H3,(H2,22,23,24);1H. The Morgan fingerprint density at radius 2 is 1.74 bits per heavy atom. The van der Waals surface area contributed by atoms with Crippen molar-refractivity contribution in [1.82, 2.24) is 10.6 Å². The van der Waals surface area contributed by atoms with Crippen molar-refractivity contribution in [3.05, 3.63) is 35.6 Å². The molecule has 0 aliphatic rings. The van der Waals surface area contributed by atoms with E-state index >= 15 is 0 Å². The smallest absolute Gasteiger partial charge is 0.191 e. The van der Waals surface area contributed by atoms with Crippen LogP contribution < -0.4 is 10.6 Å². The van der Waals surface area contributed by atoms with E-state index in [0.29, 0.717) is 44.4 Å². The van der Waals surface area contributed by atoms with Crippen molar-refractivity contribution in [2.24, 2.45) is 4.99 Å². The topological polar surface area (TPSA) is 54.9 Å². The Morgan fingerprint density at radius 1 is 1.07 bits per heavy atom. The third-order valence-corrected chi connectivity index (χ3v) is 4.08. The van der Waals surface area contributed by atoms with E-state index in [4.69, 9.17) is 9.47 Å². The molecular formula is C20H35FIN3O2. The number of benzene rings is 1. The second-order valence-electron chi connectivity index (χ2n) is 6.79. The Hall–Kier alpha value is -0.930. The van der Waals surface area contributed by atoms with Crippen molar-refractivity contribution < 1.29 is 13.9 Å². The van der Waals surface area contributed by atoms with Crippen LogP contribution in [-0.2, 0) is 14.9 Å². The molecule has 0 saturated carbocycles. The van der Waals surface area contributed by atoms with Crippen LogP contribution in [0.25, 0.3) is 0 Å². The van der Waals surface area contributed by atoms with E-state index in [-0.39, 0.29) is 35.2 Å². The number of aliphatic imine (C=N–C) groups is 1. The minimum Gasteiger partial charge on any atom is -0.379 e. The summed E-state index contributed by atoms with van der Waals surface area (Å²) in [6.45, 7) is 9.97. The van der Waals surface area contributed by atoms with Crippen LogP contribution in [0, 0.1) is 5.82 Å². The third kappa shape index (κ3) is 10.8. The van der Waals surface area contributed by atoms with E-state index in [1.54, 1.807) is 13.1 Å². The number of unbranched alkanes of at least 4 members (excludes halogenated alkanes) is 1. The Kier molecular flexibility index (Phi) is 14.5. The summed E-state index contributed by atoms with van der Waals surface area (Å²) in [5, 5.41) is 6.45. The highest BCUT2D eigenvalue weighted by atomic mass is 127. The molecule has 0 unspecified atom stereocenters. The van der Waals surface area contributed by atoms with E-state index in [1.165, 1.54) is 6.07 Å². The molecule has 0 aliphatic heterocycles. The van der Waals surface area contributed by atoms with E-state index in [9.17, 15) is 4.39 Å². The molecule has 27 heavy (non-hydrogen) atoms. The maximum absolute atomic E-state index is 14.0. The van der Waals surface area contributed by atoms with E-state index < -0.39 is 0 Å². The number of nitrogens with one attached hydrogen (secondary N) is 2. The lowest BCUT2D eigenvalue weighted by Gasteiger charge is -2.27. The highest BCUT2D eigenvalue weighted by Gasteiger charge is 2.24. The molecule has 2 N–H and O–H groups in total. The molecule has 0 atom stereocenters. The van der Waals surface area contributed by atoms with Gasteiger partial charge in [0.05, 0.1) is 19.8 Å². The molecule has 0 saturated heterocycles. The Labute approximate surface area is 180 Å². The van der Waals surface area contributed by atoms with Gasteiger partial charge in [0.1, 0.15) is 5.82 Å². The first kappa shape index (κ1) is 26.1. The monoisotopic (exact) mass is 495 g/mol. The summed E-state index contributed by atoms with van der Waals surface area (Å²) in [4.78, 5) is 4.20. The zero-order valence-corrected chi connectivity index (χ0v) is 19.3. The van der Waals surface area contributed by atoms with Crippen molar-refractivity contribution in [1.29, 1.82) is 0 Å². The number of hydrogen-bond donors (Lipinski definition) is 2. The van der Waals surface area contributed by atoms with Crippen LogP contribution >= 0.6 is 24.0 Å². The van der Waals surface area contributed by atoms with Crippen molar-refractivity contribution in [3.63, 3.8) is 0 Å². The molecule has 0 aliphatic carbocycles. The molecule has 156 valence electrons. The number of ether oxygens (including phenoxy) is 2. The maximum atomic E-state index is 14.0. The van der Waals surface area contributed by atoms with Gasteiger partial charge in [0.2, 0.25) is 0 Å². The molecule has 0 spiro atoms. The van der Waals surface area contributed by atoms with Gasteiger partial charge in [-0.2, -0.15) is 0 Å². The van der Waals surface area contributed by atoms with Gasteiger partial charge < -0.3 is 20.1 Å². The molecular weight excluding hydrogens is 460 g/mol. The molecule has 1 aromatic carbocycles. The first-order chi connectivity index (χ1) is 12.5. The van der Waals surface area contributed by atoms with Crippen LogP contribution in [0.4, 0.5) is 4.39 Å². The van der Waals surface area contributed by atoms with Crippen LogP contribution in [0.2, 0.25) is 0 Å². The minimum absolute atomic E-state index is 0. The minimum atomic E-state index is -0.352. The van der Waals surface area contributed by atoms with Gasteiger partial charge in [-0.15, -0.1) is 24.0 Å². The Morgan fingerprint density at radius 3 is 2.37 bits per heavy atom. The first-order valence-electron chi connectivity index (χ1n) is 9.36. The zero-order valence-electron chi connectivity index (χ0n) is 17.0. The van der Waals surface area contributed by atoms with Gasteiger partial charge in [0.25, 0.3) is 0 Å². The number of halogens is 2. The number of rotatable bonds is 12. The molecule has 0 aromatic heterocycles. The number of hydrogen-bond acceptors (Lipinski definition) is 3. The van der Waals surface area contributed by atoms with Crippen molar-refractivity contribution >= 4 is 29.9 Å². The lowest BCUT2D eigenvalue weighted by Crippen LogP contribution is -2.44. The third-order valence-electron chi connectivity index (χ3n) is 4.08. The zero-order chi connectivity index (χ0) is 19.3. The molecule has 1 rings (SSSR count). The van der Waals surface area contributed by atoms with E-state index in [2.05, 4.69) is 22.5 Å². The van der Waals surface area contributed by atoms with Gasteiger partial charge in [-0.3, -0.25) is 4.99 Å². The SMILES string of the molecule is CCCCOCCOCCNC(=NC)NCC(C)(C)c1ccccc1F.I. The number of guanidine groups is 1. The van der Waals surface area contributed by atoms with Gasteiger partial charge in [0.15, 0.2) is 5.96 Å². The van der Waals surface area contributed by atoms with Gasteiger partial charge in [-0.25, -0.2) is 4.39 Å². The van der Waals surface area contributed by atoms with Crippen LogP contribution in [0.5, 0.6) is 0 Å². The molecule has 0 bridgehead atoms. The van der Waals surface area contributed by atoms with Crippen molar-refractivity contribution in [2.75, 3.05) is 46.6 Å². The second-order valence-corrected chi connectivity index (χ2v) is 6.79. The summed E-state index contributed by atoms with van der Waals surface area (Å²) in [5.74, 6) is 0.494. The van der Waals surface area contributed by atoms with Gasteiger partial charge in [-0.1, -0.05) is 45.4 Å². The van der Waals surface area contributed by atoms with Gasteiger partial charge in [-0.05, 0) is 18.1 Å². The average molecular weight is 495 g/mol. The summed E-state index contributed by atoms with van der Waals surface area (Å²) in [5.41, 5.74) is 0.337. The maximum Gasteiger partial charge on any atom is 0.191 e. The highest BCUT2D eigenvalue weighted by molar-refractivity contribution is 14.0. The van der Waals surface area contributed by atoms with Gasteiger partial charge in [0, 0.05) is 32.2 Å². The fraction of sp³-hybridized carbons (Fsp3) is 0.650. The lowest BCUT2D eigenvalue weighted by molar-refractivity contribution is 0.0487. The summed E-state index contributed by atoms with van der Waals surface area (Å²) in [6.07, 6.45) is 2.23. The Bertz CT molecular complexity index is 542. The molecule has 0 fully saturated rings.